The third-order valence-electron chi connectivity index (χ3n) is 2.32. The summed E-state index contributed by atoms with van der Waals surface area (Å²) in [7, 11) is 0. The van der Waals surface area contributed by atoms with Crippen molar-refractivity contribution in [3.63, 3.8) is 0 Å². The van der Waals surface area contributed by atoms with Gasteiger partial charge in [-0.2, -0.15) is 9.78 Å². The summed E-state index contributed by atoms with van der Waals surface area (Å²) in [5.74, 6) is -5.30. The van der Waals surface area contributed by atoms with Crippen molar-refractivity contribution in [2.75, 3.05) is 13.2 Å². The maximum Gasteiger partial charge on any atom is 0.311 e. The van der Waals surface area contributed by atoms with Crippen LogP contribution in [0.4, 0.5) is 0 Å². The van der Waals surface area contributed by atoms with Crippen LogP contribution in [0.5, 0.6) is 0 Å². The molecule has 0 aromatic carbocycles. The van der Waals surface area contributed by atoms with E-state index >= 15 is 0 Å². The molecule has 10 nitrogen and oxygen atoms in total. The van der Waals surface area contributed by atoms with E-state index in [-0.39, 0.29) is 13.2 Å². The average molecular weight is 326 g/mol. The van der Waals surface area contributed by atoms with Crippen LogP contribution in [0, 0.1) is 0 Å². The summed E-state index contributed by atoms with van der Waals surface area (Å²) in [5, 5.41) is 17.7. The molecule has 22 heavy (non-hydrogen) atoms. The number of carbonyl (C=O) groups excluding carboxylic acids is 2. The molecule has 10 heteroatoms. The van der Waals surface area contributed by atoms with Crippen LogP contribution in [0.15, 0.2) is 0 Å². The van der Waals surface area contributed by atoms with Crippen LogP contribution in [0.2, 0.25) is 0 Å². The Hall–Kier alpha value is -1.30. The van der Waals surface area contributed by atoms with Crippen molar-refractivity contribution in [3.8, 4) is 0 Å². The van der Waals surface area contributed by atoms with Gasteiger partial charge in [-0.1, -0.05) is 0 Å². The third kappa shape index (κ3) is 7.64. The van der Waals surface area contributed by atoms with Crippen molar-refractivity contribution in [2.24, 2.45) is 0 Å². The van der Waals surface area contributed by atoms with Crippen LogP contribution in [-0.2, 0) is 38.6 Å². The van der Waals surface area contributed by atoms with Crippen LogP contribution in [0.1, 0.15) is 40.5 Å². The Balaban J connectivity index is 4.66. The number of hydrogen-bond donors (Lipinski definition) is 2. The van der Waals surface area contributed by atoms with Gasteiger partial charge in [-0.25, -0.2) is 20.3 Å². The lowest BCUT2D eigenvalue weighted by Gasteiger charge is -2.29. The average Bonchev–Trinajstić information content (AvgIpc) is 2.45. The van der Waals surface area contributed by atoms with Crippen LogP contribution in [-0.4, -0.2) is 47.2 Å². The Morgan fingerprint density at radius 2 is 1.14 bits per heavy atom. The summed E-state index contributed by atoms with van der Waals surface area (Å²) in [4.78, 5) is 40.4. The van der Waals surface area contributed by atoms with E-state index in [2.05, 4.69) is 19.2 Å². The highest BCUT2D eigenvalue weighted by molar-refractivity contribution is 5.70. The summed E-state index contributed by atoms with van der Waals surface area (Å²) in [6, 6.07) is 0. The number of carbonyl (C=O) groups is 2. The second-order valence-electron chi connectivity index (χ2n) is 4.58. The highest BCUT2D eigenvalue weighted by Crippen LogP contribution is 2.24. The lowest BCUT2D eigenvalue weighted by molar-refractivity contribution is -0.564. The molecule has 0 rings (SSSR count). The molecule has 2 unspecified atom stereocenters. The Bertz CT molecular complexity index is 326. The van der Waals surface area contributed by atoms with Gasteiger partial charge in [0.15, 0.2) is 0 Å². The zero-order valence-electron chi connectivity index (χ0n) is 13.0. The molecule has 0 amide bonds. The molecule has 0 saturated carbocycles. The van der Waals surface area contributed by atoms with E-state index in [9.17, 15) is 9.59 Å². The van der Waals surface area contributed by atoms with Gasteiger partial charge in [-0.3, -0.25) is 9.59 Å². The highest BCUT2D eigenvalue weighted by Gasteiger charge is 2.39. The quantitative estimate of drug-likeness (QED) is 0.247. The monoisotopic (exact) mass is 326 g/mol. The molecular weight excluding hydrogens is 304 g/mol. The molecule has 2 atom stereocenters. The van der Waals surface area contributed by atoms with Gasteiger partial charge in [0.1, 0.15) is 12.8 Å². The van der Waals surface area contributed by atoms with E-state index in [0.29, 0.717) is 0 Å². The van der Waals surface area contributed by atoms with E-state index in [1.807, 2.05) is 0 Å². The molecule has 0 aliphatic rings. The number of hydrogen-bond acceptors (Lipinski definition) is 10. The second kappa shape index (κ2) is 9.66. The summed E-state index contributed by atoms with van der Waals surface area (Å²) < 4.78 is 9.35. The Kier molecular flexibility index (Phi) is 9.09. The molecule has 0 fully saturated rings. The van der Waals surface area contributed by atoms with Crippen molar-refractivity contribution in [2.45, 2.75) is 52.1 Å². The normalized spacial score (nSPS) is 16.5. The zero-order chi connectivity index (χ0) is 17.2. The predicted molar refractivity (Wildman–Crippen MR) is 68.9 cm³/mol. The molecular formula is C12H22O10. The molecule has 0 aliphatic carbocycles. The SMILES string of the molecule is CCOC(=O)CC(C)(OO)OOC(C)(CC(=O)OCC)OO. The van der Waals surface area contributed by atoms with E-state index < -0.39 is 36.4 Å². The van der Waals surface area contributed by atoms with E-state index in [0.717, 1.165) is 0 Å². The molecule has 0 saturated heterocycles. The van der Waals surface area contributed by atoms with Gasteiger partial charge < -0.3 is 9.47 Å². The fourth-order valence-electron chi connectivity index (χ4n) is 1.28. The van der Waals surface area contributed by atoms with Gasteiger partial charge in [0.25, 0.3) is 0 Å². The fraction of sp³-hybridized carbons (Fsp3) is 0.833. The van der Waals surface area contributed by atoms with Gasteiger partial charge >= 0.3 is 11.9 Å². The van der Waals surface area contributed by atoms with Crippen molar-refractivity contribution in [1.82, 2.24) is 0 Å². The molecule has 0 aromatic heterocycles. The van der Waals surface area contributed by atoms with Crippen LogP contribution < -0.4 is 0 Å². The predicted octanol–water partition coefficient (Wildman–Crippen LogP) is 1.25. The van der Waals surface area contributed by atoms with Crippen LogP contribution >= 0.6 is 0 Å². The van der Waals surface area contributed by atoms with Crippen molar-refractivity contribution >= 4 is 11.9 Å². The number of ether oxygens (including phenoxy) is 2. The van der Waals surface area contributed by atoms with Gasteiger partial charge in [-0.05, 0) is 27.7 Å². The molecule has 2 N–H and O–H groups in total. The Morgan fingerprint density at radius 3 is 1.36 bits per heavy atom. The van der Waals surface area contributed by atoms with Gasteiger partial charge in [0.05, 0.1) is 13.2 Å². The van der Waals surface area contributed by atoms with E-state index in [1.54, 1.807) is 13.8 Å². The molecule has 0 bridgehead atoms. The zero-order valence-corrected chi connectivity index (χ0v) is 13.0. The van der Waals surface area contributed by atoms with Gasteiger partial charge in [-0.15, -0.1) is 0 Å². The van der Waals surface area contributed by atoms with Crippen molar-refractivity contribution in [1.29, 1.82) is 0 Å². The number of rotatable bonds is 11. The van der Waals surface area contributed by atoms with Gasteiger partial charge in [0, 0.05) is 0 Å². The van der Waals surface area contributed by atoms with Gasteiger partial charge in [0.2, 0.25) is 11.6 Å². The smallest absolute Gasteiger partial charge is 0.311 e. The molecule has 0 radical (unpaired) electrons. The van der Waals surface area contributed by atoms with E-state index in [1.165, 1.54) is 13.8 Å². The van der Waals surface area contributed by atoms with E-state index in [4.69, 9.17) is 20.3 Å². The standard InChI is InChI=1S/C12H22O10/c1-5-17-9(13)7-11(3,19-15)21-22-12(4,20-16)8-10(14)18-6-2/h15-16H,5-8H2,1-4H3. The largest absolute Gasteiger partial charge is 0.466 e. The summed E-state index contributed by atoms with van der Waals surface area (Å²) in [5.41, 5.74) is 0. The summed E-state index contributed by atoms with van der Waals surface area (Å²) in [6.07, 6.45) is -1.03. The first-order chi connectivity index (χ1) is 10.2. The Morgan fingerprint density at radius 1 is 0.818 bits per heavy atom. The Labute approximate surface area is 127 Å². The molecule has 0 spiro atoms. The molecule has 0 heterocycles. The first-order valence-electron chi connectivity index (χ1n) is 6.57. The summed E-state index contributed by atoms with van der Waals surface area (Å²) >= 11 is 0. The molecule has 130 valence electrons. The number of esters is 2. The second-order valence-corrected chi connectivity index (χ2v) is 4.58. The topological polar surface area (TPSA) is 130 Å². The first kappa shape index (κ1) is 20.7. The minimum Gasteiger partial charge on any atom is -0.466 e. The highest BCUT2D eigenvalue weighted by atomic mass is 17.3. The lowest BCUT2D eigenvalue weighted by atomic mass is 10.2. The lowest BCUT2D eigenvalue weighted by Crippen LogP contribution is -2.42. The maximum absolute atomic E-state index is 11.4. The third-order valence-corrected chi connectivity index (χ3v) is 2.32. The van der Waals surface area contributed by atoms with Crippen LogP contribution in [0.25, 0.3) is 0 Å². The first-order valence-corrected chi connectivity index (χ1v) is 6.57. The maximum atomic E-state index is 11.4. The fourth-order valence-corrected chi connectivity index (χ4v) is 1.28. The minimum atomic E-state index is -1.93. The summed E-state index contributed by atoms with van der Waals surface area (Å²) in [6.45, 7) is 5.80. The minimum absolute atomic E-state index is 0.127. The van der Waals surface area contributed by atoms with Crippen molar-refractivity contribution < 1.29 is 49.1 Å². The van der Waals surface area contributed by atoms with Crippen LogP contribution in [0.3, 0.4) is 0 Å². The molecule has 0 aliphatic heterocycles. The van der Waals surface area contributed by atoms with Crippen molar-refractivity contribution in [3.05, 3.63) is 0 Å². The molecule has 0 aromatic rings.